The van der Waals surface area contributed by atoms with Crippen molar-refractivity contribution in [3.05, 3.63) is 47.7 Å². The lowest BCUT2D eigenvalue weighted by Crippen LogP contribution is -2.44. The van der Waals surface area contributed by atoms with E-state index in [0.29, 0.717) is 18.7 Å². The van der Waals surface area contributed by atoms with Gasteiger partial charge in [-0.3, -0.25) is 9.59 Å². The number of aryl methyl sites for hydroxylation is 1. The van der Waals surface area contributed by atoms with E-state index in [2.05, 4.69) is 27.2 Å². The number of likely N-dealkylation sites (tertiary alicyclic amines) is 1. The van der Waals surface area contributed by atoms with Crippen molar-refractivity contribution < 1.29 is 9.59 Å². The van der Waals surface area contributed by atoms with E-state index in [4.69, 9.17) is 0 Å². The minimum atomic E-state index is -0.285. The Balaban J connectivity index is 1.26. The summed E-state index contributed by atoms with van der Waals surface area (Å²) in [5, 5.41) is 3.52. The minimum absolute atomic E-state index is 0.00270. The van der Waals surface area contributed by atoms with Crippen molar-refractivity contribution in [3.63, 3.8) is 0 Å². The Morgan fingerprint density at radius 2 is 1.97 bits per heavy atom. The first kappa shape index (κ1) is 20.8. The van der Waals surface area contributed by atoms with Crippen molar-refractivity contribution >= 4 is 17.6 Å². The van der Waals surface area contributed by atoms with Crippen molar-refractivity contribution in [2.24, 2.45) is 5.92 Å². The molecule has 1 N–H and O–H groups in total. The summed E-state index contributed by atoms with van der Waals surface area (Å²) in [4.78, 5) is 42.4. The van der Waals surface area contributed by atoms with E-state index >= 15 is 0 Å². The van der Waals surface area contributed by atoms with Gasteiger partial charge in [0.25, 0.3) is 5.91 Å². The van der Waals surface area contributed by atoms with Crippen LogP contribution in [0.5, 0.6) is 0 Å². The molecule has 2 aromatic rings. The third kappa shape index (κ3) is 3.72. The Bertz CT molecular complexity index is 1020. The Labute approximate surface area is 188 Å². The van der Waals surface area contributed by atoms with Crippen LogP contribution in [0.25, 0.3) is 0 Å². The summed E-state index contributed by atoms with van der Waals surface area (Å²) in [7, 11) is 1.89. The summed E-state index contributed by atoms with van der Waals surface area (Å²) in [6.45, 7) is 3.39. The van der Waals surface area contributed by atoms with E-state index in [-0.39, 0.29) is 29.3 Å². The van der Waals surface area contributed by atoms with Crippen LogP contribution in [0.2, 0.25) is 0 Å². The molecule has 1 saturated carbocycles. The lowest BCUT2D eigenvalue weighted by molar-refractivity contribution is -0.138. The Hall–Kier alpha value is -3.03. The van der Waals surface area contributed by atoms with E-state index in [9.17, 15) is 9.59 Å². The van der Waals surface area contributed by atoms with E-state index < -0.39 is 0 Å². The first-order valence-electron chi connectivity index (χ1n) is 11.5. The summed E-state index contributed by atoms with van der Waals surface area (Å²) in [5.41, 5.74) is 2.41. The Morgan fingerprint density at radius 1 is 1.19 bits per heavy atom. The summed E-state index contributed by atoms with van der Waals surface area (Å²) in [6.07, 6.45) is 12.5. The largest absolute Gasteiger partial charge is 0.360 e. The summed E-state index contributed by atoms with van der Waals surface area (Å²) < 4.78 is 0. The SMILES string of the molecule is CN(C(=O)C1CCC1)[C@H]1CCN(C(=O)c2cnc3c(c2)CCC(C)(c2cncnc2)N3)C1. The number of nitrogens with one attached hydrogen (secondary N) is 1. The van der Waals surface area contributed by atoms with Crippen LogP contribution < -0.4 is 5.32 Å². The number of nitrogens with zero attached hydrogens (tertiary/aromatic N) is 5. The highest BCUT2D eigenvalue weighted by molar-refractivity contribution is 5.94. The molecule has 5 rings (SSSR count). The number of hydrogen-bond donors (Lipinski definition) is 1. The zero-order valence-electron chi connectivity index (χ0n) is 18.8. The molecule has 1 unspecified atom stereocenters. The van der Waals surface area contributed by atoms with Crippen LogP contribution in [-0.2, 0) is 16.8 Å². The first-order chi connectivity index (χ1) is 15.4. The summed E-state index contributed by atoms with van der Waals surface area (Å²) >= 11 is 0. The van der Waals surface area contributed by atoms with Gasteiger partial charge in [0.15, 0.2) is 0 Å². The van der Waals surface area contributed by atoms with Gasteiger partial charge in [0.05, 0.1) is 17.1 Å². The Kier molecular flexibility index (Phi) is 5.31. The predicted octanol–water partition coefficient (Wildman–Crippen LogP) is 2.62. The van der Waals surface area contributed by atoms with Crippen LogP contribution in [-0.4, -0.2) is 62.7 Å². The second kappa shape index (κ2) is 8.15. The molecule has 0 bridgehead atoms. The average molecular weight is 435 g/mol. The number of hydrogen-bond acceptors (Lipinski definition) is 6. The fourth-order valence-electron chi connectivity index (χ4n) is 4.99. The standard InChI is InChI=1S/C24H30N6O2/c1-24(19-12-25-15-26-13-19)8-6-17-10-18(11-27-21(17)28-24)23(32)30-9-7-20(14-30)29(2)22(31)16-4-3-5-16/h10-13,15-16,20H,3-9,14H2,1-2H3,(H,27,28)/t20-,24?/m0/s1. The van der Waals surface area contributed by atoms with Gasteiger partial charge in [-0.05, 0) is 50.7 Å². The van der Waals surface area contributed by atoms with Gasteiger partial charge in [-0.1, -0.05) is 6.42 Å². The normalized spacial score (nSPS) is 24.9. The fraction of sp³-hybridized carbons (Fsp3) is 0.542. The Morgan fingerprint density at radius 3 is 2.69 bits per heavy atom. The highest BCUT2D eigenvalue weighted by atomic mass is 16.2. The van der Waals surface area contributed by atoms with Crippen LogP contribution in [0.15, 0.2) is 31.0 Å². The van der Waals surface area contributed by atoms with Gasteiger partial charge in [-0.25, -0.2) is 15.0 Å². The molecular weight excluding hydrogens is 404 g/mol. The molecule has 2 atom stereocenters. The van der Waals surface area contributed by atoms with Crippen LogP contribution in [0.4, 0.5) is 5.82 Å². The predicted molar refractivity (Wildman–Crippen MR) is 120 cm³/mol. The van der Waals surface area contributed by atoms with Gasteiger partial charge in [-0.15, -0.1) is 0 Å². The number of pyridine rings is 1. The van der Waals surface area contributed by atoms with Crippen molar-refractivity contribution in [1.82, 2.24) is 24.8 Å². The first-order valence-corrected chi connectivity index (χ1v) is 11.5. The lowest BCUT2D eigenvalue weighted by Gasteiger charge is -2.36. The van der Waals surface area contributed by atoms with Crippen molar-refractivity contribution in [2.45, 2.75) is 57.0 Å². The molecule has 0 radical (unpaired) electrons. The second-order valence-corrected chi connectivity index (χ2v) is 9.59. The zero-order chi connectivity index (χ0) is 22.3. The fourth-order valence-corrected chi connectivity index (χ4v) is 4.99. The lowest BCUT2D eigenvalue weighted by atomic mass is 9.84. The van der Waals surface area contributed by atoms with Gasteiger partial charge in [0.2, 0.25) is 5.91 Å². The molecule has 3 aliphatic rings. The van der Waals surface area contributed by atoms with Crippen LogP contribution in [0, 0.1) is 5.92 Å². The van der Waals surface area contributed by atoms with Crippen molar-refractivity contribution in [2.75, 3.05) is 25.5 Å². The maximum absolute atomic E-state index is 13.2. The molecule has 2 fully saturated rings. The third-order valence-corrected chi connectivity index (χ3v) is 7.50. The maximum Gasteiger partial charge on any atom is 0.255 e. The molecule has 32 heavy (non-hydrogen) atoms. The van der Waals surface area contributed by atoms with Crippen molar-refractivity contribution in [3.8, 4) is 0 Å². The van der Waals surface area contributed by atoms with Crippen molar-refractivity contribution in [1.29, 1.82) is 0 Å². The minimum Gasteiger partial charge on any atom is -0.360 e. The number of amides is 2. The highest BCUT2D eigenvalue weighted by Crippen LogP contribution is 2.36. The molecule has 1 saturated heterocycles. The van der Waals surface area contributed by atoms with Gasteiger partial charge in [0, 0.05) is 50.2 Å². The number of carbonyl (C=O) groups excluding carboxylic acids is 2. The quantitative estimate of drug-likeness (QED) is 0.795. The molecular formula is C24H30N6O2. The smallest absolute Gasteiger partial charge is 0.255 e. The van der Waals surface area contributed by atoms with E-state index in [1.807, 2.05) is 35.3 Å². The van der Waals surface area contributed by atoms with Crippen LogP contribution in [0.3, 0.4) is 0 Å². The van der Waals surface area contributed by atoms with E-state index in [1.54, 1.807) is 6.20 Å². The zero-order valence-corrected chi connectivity index (χ0v) is 18.8. The van der Waals surface area contributed by atoms with Crippen LogP contribution in [0.1, 0.15) is 60.5 Å². The number of likely N-dealkylation sites (N-methyl/N-ethyl adjacent to an activating group) is 1. The molecule has 1 aliphatic carbocycles. The molecule has 0 aromatic carbocycles. The molecule has 2 aromatic heterocycles. The molecule has 168 valence electrons. The van der Waals surface area contributed by atoms with E-state index in [0.717, 1.165) is 55.5 Å². The number of fused-ring (bicyclic) bond motifs is 1. The number of carbonyl (C=O) groups is 2. The highest BCUT2D eigenvalue weighted by Gasteiger charge is 2.36. The monoisotopic (exact) mass is 434 g/mol. The summed E-state index contributed by atoms with van der Waals surface area (Å²) in [5.74, 6) is 1.24. The number of rotatable bonds is 4. The summed E-state index contributed by atoms with van der Waals surface area (Å²) in [6, 6.07) is 2.07. The van der Waals surface area contributed by atoms with Gasteiger partial charge >= 0.3 is 0 Å². The molecule has 2 amide bonds. The molecule has 2 aliphatic heterocycles. The maximum atomic E-state index is 13.2. The molecule has 8 nitrogen and oxygen atoms in total. The molecule has 0 spiro atoms. The van der Waals surface area contributed by atoms with Gasteiger partial charge in [0.1, 0.15) is 12.1 Å². The molecule has 8 heteroatoms. The number of aromatic nitrogens is 3. The molecule has 4 heterocycles. The average Bonchev–Trinajstić information content (AvgIpc) is 3.27. The number of anilines is 1. The topological polar surface area (TPSA) is 91.3 Å². The van der Waals surface area contributed by atoms with Gasteiger partial charge in [-0.2, -0.15) is 0 Å². The van der Waals surface area contributed by atoms with E-state index in [1.165, 1.54) is 6.33 Å². The third-order valence-electron chi connectivity index (χ3n) is 7.50. The van der Waals surface area contributed by atoms with Gasteiger partial charge < -0.3 is 15.1 Å². The second-order valence-electron chi connectivity index (χ2n) is 9.59. The van der Waals surface area contributed by atoms with Crippen LogP contribution >= 0.6 is 0 Å².